The minimum atomic E-state index is 0.0568. The van der Waals surface area contributed by atoms with Gasteiger partial charge < -0.3 is 10.5 Å². The molecule has 2 rings (SSSR count). The molecule has 0 saturated carbocycles. The highest BCUT2D eigenvalue weighted by molar-refractivity contribution is 6.31. The molecule has 94 valence electrons. The van der Waals surface area contributed by atoms with E-state index < -0.39 is 0 Å². The van der Waals surface area contributed by atoms with E-state index in [1.165, 1.54) is 5.56 Å². The topological polar surface area (TPSA) is 35.2 Å². The van der Waals surface area contributed by atoms with E-state index in [1.807, 2.05) is 18.2 Å². The monoisotopic (exact) mass is 253 g/mol. The van der Waals surface area contributed by atoms with Crippen LogP contribution in [-0.2, 0) is 10.2 Å². The molecule has 0 unspecified atom stereocenters. The van der Waals surface area contributed by atoms with Crippen LogP contribution in [0.2, 0.25) is 5.02 Å². The van der Waals surface area contributed by atoms with E-state index in [4.69, 9.17) is 22.1 Å². The molecule has 0 spiro atoms. The van der Waals surface area contributed by atoms with Crippen molar-refractivity contribution in [1.29, 1.82) is 0 Å². The molecular formula is C14H20ClNO. The van der Waals surface area contributed by atoms with Gasteiger partial charge in [0, 0.05) is 10.4 Å². The van der Waals surface area contributed by atoms with Crippen molar-refractivity contribution >= 4 is 11.6 Å². The van der Waals surface area contributed by atoms with E-state index in [0.717, 1.165) is 24.7 Å². The highest BCUT2D eigenvalue weighted by atomic mass is 35.5. The van der Waals surface area contributed by atoms with E-state index in [2.05, 4.69) is 19.9 Å². The van der Waals surface area contributed by atoms with Crippen LogP contribution in [0.4, 0.5) is 0 Å². The third-order valence-electron chi connectivity index (χ3n) is 3.57. The average Bonchev–Trinajstić information content (AvgIpc) is 2.25. The molecule has 1 aliphatic rings. The van der Waals surface area contributed by atoms with E-state index in [1.54, 1.807) is 0 Å². The Bertz CT molecular complexity index is 399. The quantitative estimate of drug-likeness (QED) is 0.895. The molecule has 2 N–H and O–H groups in total. The maximum atomic E-state index is 6.31. The van der Waals surface area contributed by atoms with Crippen molar-refractivity contribution < 1.29 is 4.74 Å². The van der Waals surface area contributed by atoms with Crippen LogP contribution in [-0.4, -0.2) is 19.8 Å². The van der Waals surface area contributed by atoms with Crippen LogP contribution in [0.5, 0.6) is 0 Å². The summed E-state index contributed by atoms with van der Waals surface area (Å²) in [6.07, 6.45) is 1.01. The Hall–Kier alpha value is -0.570. The van der Waals surface area contributed by atoms with Crippen molar-refractivity contribution in [3.05, 3.63) is 34.9 Å². The van der Waals surface area contributed by atoms with Gasteiger partial charge in [-0.1, -0.05) is 43.6 Å². The van der Waals surface area contributed by atoms with E-state index >= 15 is 0 Å². The van der Waals surface area contributed by atoms with Crippen molar-refractivity contribution in [2.24, 2.45) is 11.1 Å². The lowest BCUT2D eigenvalue weighted by Gasteiger charge is -2.46. The zero-order valence-corrected chi connectivity index (χ0v) is 11.3. The number of ether oxygens (including phenoxy) is 1. The molecule has 0 amide bonds. The molecule has 1 aromatic carbocycles. The zero-order valence-electron chi connectivity index (χ0n) is 10.5. The largest absolute Gasteiger partial charge is 0.379 e. The van der Waals surface area contributed by atoms with Gasteiger partial charge in [-0.3, -0.25) is 0 Å². The van der Waals surface area contributed by atoms with Crippen molar-refractivity contribution in [1.82, 2.24) is 0 Å². The second-order valence-corrected chi connectivity index (χ2v) is 6.21. The molecule has 0 aromatic heterocycles. The molecule has 1 heterocycles. The van der Waals surface area contributed by atoms with E-state index in [0.29, 0.717) is 6.54 Å². The van der Waals surface area contributed by atoms with Crippen LogP contribution in [0.1, 0.15) is 25.8 Å². The fourth-order valence-electron chi connectivity index (χ4n) is 2.58. The fraction of sp³-hybridized carbons (Fsp3) is 0.571. The summed E-state index contributed by atoms with van der Waals surface area (Å²) >= 11 is 6.31. The normalized spacial score (nSPS) is 18.8. The molecule has 2 nitrogen and oxygen atoms in total. The van der Waals surface area contributed by atoms with Gasteiger partial charge in [-0.25, -0.2) is 0 Å². The van der Waals surface area contributed by atoms with Crippen molar-refractivity contribution in [3.8, 4) is 0 Å². The highest BCUT2D eigenvalue weighted by Crippen LogP contribution is 2.44. The summed E-state index contributed by atoms with van der Waals surface area (Å²) in [5.41, 5.74) is 7.21. The molecule has 17 heavy (non-hydrogen) atoms. The second-order valence-electron chi connectivity index (χ2n) is 5.80. The first-order valence-electron chi connectivity index (χ1n) is 6.02. The average molecular weight is 254 g/mol. The maximum Gasteiger partial charge on any atom is 0.0586 e. The Morgan fingerprint density at radius 3 is 2.47 bits per heavy atom. The smallest absolute Gasteiger partial charge is 0.0586 e. The number of nitrogens with two attached hydrogens (primary N) is 1. The van der Waals surface area contributed by atoms with Crippen LogP contribution >= 0.6 is 11.6 Å². The predicted molar refractivity (Wildman–Crippen MR) is 71.4 cm³/mol. The van der Waals surface area contributed by atoms with Crippen LogP contribution in [0, 0.1) is 5.41 Å². The Balaban J connectivity index is 2.29. The fourth-order valence-corrected chi connectivity index (χ4v) is 2.92. The molecule has 1 aliphatic heterocycles. The summed E-state index contributed by atoms with van der Waals surface area (Å²) in [5.74, 6) is 0. The van der Waals surface area contributed by atoms with Gasteiger partial charge in [0.05, 0.1) is 13.2 Å². The molecule has 1 saturated heterocycles. The predicted octanol–water partition coefficient (Wildman–Crippen LogP) is 2.98. The zero-order chi connectivity index (χ0) is 12.5. The lowest BCUT2D eigenvalue weighted by molar-refractivity contribution is -0.0785. The molecular weight excluding hydrogens is 234 g/mol. The lowest BCUT2D eigenvalue weighted by Crippen LogP contribution is -2.50. The van der Waals surface area contributed by atoms with Gasteiger partial charge in [0.2, 0.25) is 0 Å². The summed E-state index contributed by atoms with van der Waals surface area (Å²) in [4.78, 5) is 0. The summed E-state index contributed by atoms with van der Waals surface area (Å²) in [5, 5.41) is 0.837. The van der Waals surface area contributed by atoms with Crippen LogP contribution in [0.25, 0.3) is 0 Å². The molecule has 0 atom stereocenters. The Morgan fingerprint density at radius 1 is 1.35 bits per heavy atom. The third kappa shape index (κ3) is 2.49. The Labute approximate surface area is 108 Å². The SMILES string of the molecule is CC(C)(CN)CC1(c2ccccc2Cl)COC1. The third-order valence-corrected chi connectivity index (χ3v) is 3.90. The summed E-state index contributed by atoms with van der Waals surface area (Å²) in [6, 6.07) is 8.06. The van der Waals surface area contributed by atoms with Gasteiger partial charge in [-0.05, 0) is 30.0 Å². The number of rotatable bonds is 4. The van der Waals surface area contributed by atoms with Gasteiger partial charge in [0.25, 0.3) is 0 Å². The van der Waals surface area contributed by atoms with Crippen LogP contribution in [0.15, 0.2) is 24.3 Å². The summed E-state index contributed by atoms with van der Waals surface area (Å²) < 4.78 is 5.44. The number of halogens is 1. The molecule has 1 fully saturated rings. The minimum Gasteiger partial charge on any atom is -0.379 e. The summed E-state index contributed by atoms with van der Waals surface area (Å²) in [6.45, 7) is 6.58. The lowest BCUT2D eigenvalue weighted by atomic mass is 9.67. The highest BCUT2D eigenvalue weighted by Gasteiger charge is 2.44. The first-order chi connectivity index (χ1) is 7.99. The molecule has 0 radical (unpaired) electrons. The van der Waals surface area contributed by atoms with Crippen molar-refractivity contribution in [3.63, 3.8) is 0 Å². The molecule has 3 heteroatoms. The molecule has 1 aromatic rings. The van der Waals surface area contributed by atoms with Crippen molar-refractivity contribution in [2.45, 2.75) is 25.7 Å². The minimum absolute atomic E-state index is 0.0568. The van der Waals surface area contributed by atoms with Gasteiger partial charge in [0.15, 0.2) is 0 Å². The molecule has 0 bridgehead atoms. The van der Waals surface area contributed by atoms with Gasteiger partial charge >= 0.3 is 0 Å². The van der Waals surface area contributed by atoms with Crippen LogP contribution < -0.4 is 5.73 Å². The summed E-state index contributed by atoms with van der Waals surface area (Å²) in [7, 11) is 0. The standard InChI is InChI=1S/C14H20ClNO/c1-13(2,8-16)7-14(9-17-10-14)11-5-3-4-6-12(11)15/h3-6H,7-10,16H2,1-2H3. The van der Waals surface area contributed by atoms with Crippen molar-refractivity contribution in [2.75, 3.05) is 19.8 Å². The number of benzene rings is 1. The van der Waals surface area contributed by atoms with E-state index in [9.17, 15) is 0 Å². The Kier molecular flexibility index (Phi) is 3.48. The number of hydrogen-bond acceptors (Lipinski definition) is 2. The first kappa shape index (κ1) is 12.9. The Morgan fingerprint density at radius 2 is 2.00 bits per heavy atom. The first-order valence-corrected chi connectivity index (χ1v) is 6.40. The molecule has 0 aliphatic carbocycles. The maximum absolute atomic E-state index is 6.31. The van der Waals surface area contributed by atoms with Crippen LogP contribution in [0.3, 0.4) is 0 Å². The number of hydrogen-bond donors (Lipinski definition) is 1. The second kappa shape index (κ2) is 4.60. The van der Waals surface area contributed by atoms with Gasteiger partial charge in [-0.15, -0.1) is 0 Å². The van der Waals surface area contributed by atoms with Gasteiger partial charge in [0.1, 0.15) is 0 Å². The van der Waals surface area contributed by atoms with Gasteiger partial charge in [-0.2, -0.15) is 0 Å². The van der Waals surface area contributed by atoms with E-state index in [-0.39, 0.29) is 10.8 Å².